The summed E-state index contributed by atoms with van der Waals surface area (Å²) >= 11 is 5.21. The third kappa shape index (κ3) is 1.94. The zero-order chi connectivity index (χ0) is 13.5. The molecule has 96 valence electrons. The van der Waals surface area contributed by atoms with E-state index in [9.17, 15) is 0 Å². The SMILES string of the molecule is Brc1ccc(-c2nc3c(ccc4ccccc43)s2)cc1. The molecular formula is C17H10BrNS. The maximum absolute atomic E-state index is 4.84. The molecule has 1 aromatic heterocycles. The standard InChI is InChI=1S/C17H10BrNS/c18-13-8-5-12(6-9-13)17-19-16-14-4-2-1-3-11(14)7-10-15(16)20-17/h1-10H. The van der Waals surface area contributed by atoms with Crippen LogP contribution in [0.1, 0.15) is 0 Å². The molecule has 0 aliphatic carbocycles. The van der Waals surface area contributed by atoms with Gasteiger partial charge in [-0.05, 0) is 23.6 Å². The van der Waals surface area contributed by atoms with E-state index in [-0.39, 0.29) is 0 Å². The number of thiazole rings is 1. The zero-order valence-electron chi connectivity index (χ0n) is 10.5. The van der Waals surface area contributed by atoms with E-state index in [4.69, 9.17) is 4.98 Å². The summed E-state index contributed by atoms with van der Waals surface area (Å²) in [4.78, 5) is 4.84. The molecule has 3 aromatic carbocycles. The van der Waals surface area contributed by atoms with E-state index in [1.807, 2.05) is 0 Å². The fourth-order valence-corrected chi connectivity index (χ4v) is 3.63. The minimum absolute atomic E-state index is 1.07. The van der Waals surface area contributed by atoms with E-state index in [1.54, 1.807) is 11.3 Å². The summed E-state index contributed by atoms with van der Waals surface area (Å²) in [5, 5.41) is 3.54. The highest BCUT2D eigenvalue weighted by molar-refractivity contribution is 9.10. The molecule has 20 heavy (non-hydrogen) atoms. The number of rotatable bonds is 1. The van der Waals surface area contributed by atoms with E-state index in [0.29, 0.717) is 0 Å². The Morgan fingerprint density at radius 1 is 0.850 bits per heavy atom. The topological polar surface area (TPSA) is 12.9 Å². The highest BCUT2D eigenvalue weighted by Crippen LogP contribution is 2.34. The molecule has 0 radical (unpaired) electrons. The van der Waals surface area contributed by atoms with Gasteiger partial charge < -0.3 is 0 Å². The lowest BCUT2D eigenvalue weighted by molar-refractivity contribution is 1.48. The number of hydrogen-bond donors (Lipinski definition) is 0. The lowest BCUT2D eigenvalue weighted by Gasteiger charge is -1.97. The minimum atomic E-state index is 1.07. The number of benzene rings is 3. The fourth-order valence-electron chi connectivity index (χ4n) is 2.38. The Labute approximate surface area is 129 Å². The highest BCUT2D eigenvalue weighted by Gasteiger charge is 2.08. The molecule has 0 saturated carbocycles. The molecule has 0 N–H and O–H groups in total. The van der Waals surface area contributed by atoms with Crippen molar-refractivity contribution < 1.29 is 0 Å². The van der Waals surface area contributed by atoms with Gasteiger partial charge in [0.25, 0.3) is 0 Å². The van der Waals surface area contributed by atoms with Crippen LogP contribution in [0, 0.1) is 0 Å². The van der Waals surface area contributed by atoms with Crippen LogP contribution in [0.15, 0.2) is 65.1 Å². The van der Waals surface area contributed by atoms with Crippen LogP contribution < -0.4 is 0 Å². The van der Waals surface area contributed by atoms with E-state index >= 15 is 0 Å². The van der Waals surface area contributed by atoms with Crippen molar-refractivity contribution in [1.29, 1.82) is 0 Å². The van der Waals surface area contributed by atoms with Gasteiger partial charge in [0.2, 0.25) is 0 Å². The highest BCUT2D eigenvalue weighted by atomic mass is 79.9. The first-order valence-electron chi connectivity index (χ1n) is 6.35. The monoisotopic (exact) mass is 339 g/mol. The van der Waals surface area contributed by atoms with Gasteiger partial charge in [0, 0.05) is 15.4 Å². The Morgan fingerprint density at radius 2 is 1.65 bits per heavy atom. The zero-order valence-corrected chi connectivity index (χ0v) is 12.9. The average Bonchev–Trinajstić information content (AvgIpc) is 2.92. The van der Waals surface area contributed by atoms with Crippen LogP contribution in [0.5, 0.6) is 0 Å². The molecule has 4 rings (SSSR count). The van der Waals surface area contributed by atoms with Gasteiger partial charge in [0.1, 0.15) is 5.01 Å². The van der Waals surface area contributed by atoms with Crippen LogP contribution in [0.2, 0.25) is 0 Å². The first kappa shape index (κ1) is 12.1. The third-order valence-electron chi connectivity index (χ3n) is 3.37. The quantitative estimate of drug-likeness (QED) is 0.422. The van der Waals surface area contributed by atoms with Crippen molar-refractivity contribution in [2.75, 3.05) is 0 Å². The lowest BCUT2D eigenvalue weighted by atomic mass is 10.1. The maximum atomic E-state index is 4.84. The van der Waals surface area contributed by atoms with Gasteiger partial charge in [-0.15, -0.1) is 11.3 Å². The van der Waals surface area contributed by atoms with Crippen LogP contribution in [0.4, 0.5) is 0 Å². The summed E-state index contributed by atoms with van der Waals surface area (Å²) in [6, 6.07) is 21.1. The largest absolute Gasteiger partial charge is 0.235 e. The van der Waals surface area contributed by atoms with Crippen molar-refractivity contribution in [2.24, 2.45) is 0 Å². The number of hydrogen-bond acceptors (Lipinski definition) is 2. The van der Waals surface area contributed by atoms with E-state index in [0.717, 1.165) is 15.0 Å². The summed E-state index contributed by atoms with van der Waals surface area (Å²) in [7, 11) is 0. The normalized spacial score (nSPS) is 11.2. The molecule has 0 atom stereocenters. The smallest absolute Gasteiger partial charge is 0.124 e. The number of aromatic nitrogens is 1. The van der Waals surface area contributed by atoms with Gasteiger partial charge in [0.05, 0.1) is 10.2 Å². The first-order chi connectivity index (χ1) is 9.81. The van der Waals surface area contributed by atoms with Gasteiger partial charge in [-0.1, -0.05) is 58.4 Å². The summed E-state index contributed by atoms with van der Waals surface area (Å²) in [6.45, 7) is 0. The van der Waals surface area contributed by atoms with Crippen LogP contribution in [0.25, 0.3) is 31.6 Å². The van der Waals surface area contributed by atoms with E-state index in [2.05, 4.69) is 76.6 Å². The van der Waals surface area contributed by atoms with Gasteiger partial charge >= 0.3 is 0 Å². The Kier molecular flexibility index (Phi) is 2.83. The Balaban J connectivity index is 1.98. The van der Waals surface area contributed by atoms with Crippen LogP contribution in [-0.4, -0.2) is 4.98 Å². The van der Waals surface area contributed by atoms with Gasteiger partial charge in [-0.25, -0.2) is 4.98 Å². The molecule has 1 nitrogen and oxygen atoms in total. The predicted octanol–water partition coefficient (Wildman–Crippen LogP) is 5.88. The van der Waals surface area contributed by atoms with Crippen molar-refractivity contribution in [2.45, 2.75) is 0 Å². The van der Waals surface area contributed by atoms with Crippen LogP contribution >= 0.6 is 27.3 Å². The predicted molar refractivity (Wildman–Crippen MR) is 90.3 cm³/mol. The second-order valence-electron chi connectivity index (χ2n) is 4.66. The Hall–Kier alpha value is -1.71. The Morgan fingerprint density at radius 3 is 2.50 bits per heavy atom. The molecule has 3 heteroatoms. The van der Waals surface area contributed by atoms with Crippen molar-refractivity contribution in [3.63, 3.8) is 0 Å². The number of fused-ring (bicyclic) bond motifs is 3. The molecule has 0 aliphatic heterocycles. The molecule has 0 amide bonds. The van der Waals surface area contributed by atoms with Crippen molar-refractivity contribution in [3.05, 3.63) is 65.1 Å². The number of halogens is 1. The summed E-state index contributed by atoms with van der Waals surface area (Å²) in [5.41, 5.74) is 2.27. The minimum Gasteiger partial charge on any atom is -0.235 e. The molecule has 1 heterocycles. The molecule has 0 bridgehead atoms. The molecule has 0 unspecified atom stereocenters. The average molecular weight is 340 g/mol. The van der Waals surface area contributed by atoms with E-state index in [1.165, 1.54) is 21.0 Å². The Bertz CT molecular complexity index is 909. The van der Waals surface area contributed by atoms with Gasteiger partial charge in [0.15, 0.2) is 0 Å². The van der Waals surface area contributed by atoms with Crippen molar-refractivity contribution in [3.8, 4) is 10.6 Å². The number of nitrogens with zero attached hydrogens (tertiary/aromatic N) is 1. The fraction of sp³-hybridized carbons (Fsp3) is 0. The van der Waals surface area contributed by atoms with Gasteiger partial charge in [-0.3, -0.25) is 0 Å². The molecule has 0 fully saturated rings. The molecular weight excluding hydrogens is 330 g/mol. The van der Waals surface area contributed by atoms with E-state index < -0.39 is 0 Å². The first-order valence-corrected chi connectivity index (χ1v) is 7.96. The van der Waals surface area contributed by atoms with Gasteiger partial charge in [-0.2, -0.15) is 0 Å². The second kappa shape index (κ2) is 4.69. The van der Waals surface area contributed by atoms with Crippen molar-refractivity contribution in [1.82, 2.24) is 4.98 Å². The lowest BCUT2D eigenvalue weighted by Crippen LogP contribution is -1.77. The third-order valence-corrected chi connectivity index (χ3v) is 4.97. The summed E-state index contributed by atoms with van der Waals surface area (Å²) < 4.78 is 2.33. The summed E-state index contributed by atoms with van der Waals surface area (Å²) in [5.74, 6) is 0. The molecule has 0 spiro atoms. The van der Waals surface area contributed by atoms with Crippen LogP contribution in [-0.2, 0) is 0 Å². The molecule has 0 aliphatic rings. The second-order valence-corrected chi connectivity index (χ2v) is 6.61. The maximum Gasteiger partial charge on any atom is 0.124 e. The molecule has 4 aromatic rings. The van der Waals surface area contributed by atoms with Crippen molar-refractivity contribution >= 4 is 48.3 Å². The summed E-state index contributed by atoms with van der Waals surface area (Å²) in [6.07, 6.45) is 0. The van der Waals surface area contributed by atoms with Crippen LogP contribution in [0.3, 0.4) is 0 Å². The molecule has 0 saturated heterocycles.